The molecule has 0 rings (SSSR count). The van der Waals surface area contributed by atoms with E-state index in [1.54, 1.807) is 0 Å². The Morgan fingerprint density at radius 2 is 1.93 bits per heavy atom. The van der Waals surface area contributed by atoms with Crippen molar-refractivity contribution in [2.24, 2.45) is 0 Å². The quantitative estimate of drug-likeness (QED) is 0.351. The zero-order chi connectivity index (χ0) is 11.8. The van der Waals surface area contributed by atoms with Crippen LogP contribution in [0, 0.1) is 10.1 Å². The second-order valence-corrected chi connectivity index (χ2v) is 3.63. The maximum absolute atomic E-state index is 11.4. The van der Waals surface area contributed by atoms with Gasteiger partial charge in [0.1, 0.15) is 5.78 Å². The van der Waals surface area contributed by atoms with Crippen molar-refractivity contribution in [3.05, 3.63) is 10.1 Å². The Bertz CT molecular complexity index is 250. The van der Waals surface area contributed by atoms with Crippen LogP contribution in [0.15, 0.2) is 0 Å². The number of unbranched alkanes of at least 4 members (excludes halogenated alkanes) is 2. The van der Waals surface area contributed by atoms with Crippen molar-refractivity contribution < 1.29 is 14.5 Å². The van der Waals surface area contributed by atoms with Crippen molar-refractivity contribution in [2.75, 3.05) is 0 Å². The van der Waals surface area contributed by atoms with E-state index in [0.717, 1.165) is 12.8 Å². The summed E-state index contributed by atoms with van der Waals surface area (Å²) in [6.07, 6.45) is 2.43. The average Bonchev–Trinajstić information content (AvgIpc) is 2.13. The smallest absolute Gasteiger partial charge is 0.277 e. The predicted octanol–water partition coefficient (Wildman–Crippen LogP) is 1.76. The molecule has 0 heterocycles. The fraction of sp³-hybridized carbons (Fsp3) is 0.800. The number of rotatable bonds is 8. The van der Waals surface area contributed by atoms with Gasteiger partial charge in [0.15, 0.2) is 0 Å². The van der Waals surface area contributed by atoms with Gasteiger partial charge in [-0.05, 0) is 13.3 Å². The van der Waals surface area contributed by atoms with Gasteiger partial charge < -0.3 is 0 Å². The van der Waals surface area contributed by atoms with E-state index in [1.165, 1.54) is 6.92 Å². The first-order valence-electron chi connectivity index (χ1n) is 5.14. The number of nitrogens with zero attached hydrogens (tertiary/aromatic N) is 1. The van der Waals surface area contributed by atoms with E-state index in [0.29, 0.717) is 6.42 Å². The molecule has 1 unspecified atom stereocenters. The summed E-state index contributed by atoms with van der Waals surface area (Å²) in [4.78, 5) is 32.0. The molecular weight excluding hydrogens is 198 g/mol. The van der Waals surface area contributed by atoms with Gasteiger partial charge in [0.2, 0.25) is 5.78 Å². The molecule has 0 aliphatic heterocycles. The number of carbonyl (C=O) groups is 2. The molecule has 0 aromatic rings. The minimum atomic E-state index is -1.33. The molecule has 1 atom stereocenters. The largest absolute Gasteiger partial charge is 0.300 e. The van der Waals surface area contributed by atoms with Crippen molar-refractivity contribution in [2.45, 2.75) is 52.0 Å². The molecule has 5 heteroatoms. The van der Waals surface area contributed by atoms with E-state index in [1.807, 2.05) is 6.92 Å². The molecule has 0 N–H and O–H groups in total. The lowest BCUT2D eigenvalue weighted by atomic mass is 10.0. The van der Waals surface area contributed by atoms with Crippen LogP contribution in [0.1, 0.15) is 46.0 Å². The Morgan fingerprint density at radius 3 is 2.33 bits per heavy atom. The summed E-state index contributed by atoms with van der Waals surface area (Å²) < 4.78 is 0. The van der Waals surface area contributed by atoms with Crippen LogP contribution in [0.4, 0.5) is 0 Å². The van der Waals surface area contributed by atoms with E-state index in [2.05, 4.69) is 0 Å². The molecule has 0 amide bonds. The van der Waals surface area contributed by atoms with Gasteiger partial charge in [0, 0.05) is 11.3 Å². The Morgan fingerprint density at radius 1 is 1.33 bits per heavy atom. The van der Waals surface area contributed by atoms with Gasteiger partial charge >= 0.3 is 0 Å². The molecule has 5 nitrogen and oxygen atoms in total. The SMILES string of the molecule is CCCCCC(=O)C(CC(C)=O)[N+](=O)[O-]. The summed E-state index contributed by atoms with van der Waals surface area (Å²) in [6, 6.07) is -1.33. The molecule has 15 heavy (non-hydrogen) atoms. The van der Waals surface area contributed by atoms with Crippen molar-refractivity contribution >= 4 is 11.6 Å². The number of nitro groups is 1. The number of Topliss-reactive ketones (excluding diaryl/α,β-unsaturated/α-hetero) is 2. The molecule has 0 spiro atoms. The number of hydrogen-bond acceptors (Lipinski definition) is 4. The summed E-state index contributed by atoms with van der Waals surface area (Å²) >= 11 is 0. The Hall–Kier alpha value is -1.26. The molecule has 0 bridgehead atoms. The number of ketones is 2. The first kappa shape index (κ1) is 13.7. The van der Waals surface area contributed by atoms with Crippen LogP contribution in [-0.4, -0.2) is 22.5 Å². The van der Waals surface area contributed by atoms with Gasteiger partial charge in [0.05, 0.1) is 6.42 Å². The molecule has 0 radical (unpaired) electrons. The van der Waals surface area contributed by atoms with Crippen LogP contribution in [-0.2, 0) is 9.59 Å². The second kappa shape index (κ2) is 7.09. The lowest BCUT2D eigenvalue weighted by Crippen LogP contribution is -2.31. The molecule has 0 saturated heterocycles. The molecule has 0 aromatic carbocycles. The standard InChI is InChI=1S/C10H17NO4/c1-3-4-5-6-10(13)9(11(14)15)7-8(2)12/h9H,3-7H2,1-2H3. The van der Waals surface area contributed by atoms with E-state index in [9.17, 15) is 19.7 Å². The Kier molecular flexibility index (Phi) is 6.49. The highest BCUT2D eigenvalue weighted by Crippen LogP contribution is 2.07. The lowest BCUT2D eigenvalue weighted by Gasteiger charge is -2.06. The lowest BCUT2D eigenvalue weighted by molar-refractivity contribution is -0.506. The van der Waals surface area contributed by atoms with Gasteiger partial charge in [-0.2, -0.15) is 0 Å². The highest BCUT2D eigenvalue weighted by molar-refractivity contribution is 5.88. The van der Waals surface area contributed by atoms with E-state index in [4.69, 9.17) is 0 Å². The first-order chi connectivity index (χ1) is 6.99. The highest BCUT2D eigenvalue weighted by Gasteiger charge is 2.29. The molecular formula is C10H17NO4. The van der Waals surface area contributed by atoms with Crippen LogP contribution < -0.4 is 0 Å². The average molecular weight is 215 g/mol. The van der Waals surface area contributed by atoms with Gasteiger partial charge in [-0.25, -0.2) is 0 Å². The molecule has 86 valence electrons. The summed E-state index contributed by atoms with van der Waals surface area (Å²) in [7, 11) is 0. The predicted molar refractivity (Wildman–Crippen MR) is 55.2 cm³/mol. The summed E-state index contributed by atoms with van der Waals surface area (Å²) in [6.45, 7) is 3.25. The number of carbonyl (C=O) groups excluding carboxylic acids is 2. The fourth-order valence-corrected chi connectivity index (χ4v) is 1.29. The third kappa shape index (κ3) is 5.93. The van der Waals surface area contributed by atoms with E-state index >= 15 is 0 Å². The van der Waals surface area contributed by atoms with E-state index in [-0.39, 0.29) is 18.6 Å². The van der Waals surface area contributed by atoms with Crippen LogP contribution >= 0.6 is 0 Å². The van der Waals surface area contributed by atoms with Crippen LogP contribution in [0.3, 0.4) is 0 Å². The summed E-state index contributed by atoms with van der Waals surface area (Å²) in [5, 5.41) is 10.5. The minimum absolute atomic E-state index is 0.201. The Labute approximate surface area is 89.0 Å². The number of hydrogen-bond donors (Lipinski definition) is 0. The minimum Gasteiger partial charge on any atom is -0.300 e. The molecule has 0 aromatic heterocycles. The van der Waals surface area contributed by atoms with Crippen LogP contribution in [0.25, 0.3) is 0 Å². The normalized spacial score (nSPS) is 12.1. The molecule has 0 aliphatic carbocycles. The third-order valence-electron chi connectivity index (χ3n) is 2.13. The van der Waals surface area contributed by atoms with Gasteiger partial charge in [0.25, 0.3) is 6.04 Å². The maximum atomic E-state index is 11.4. The fourth-order valence-electron chi connectivity index (χ4n) is 1.29. The van der Waals surface area contributed by atoms with Crippen LogP contribution in [0.2, 0.25) is 0 Å². The topological polar surface area (TPSA) is 77.3 Å². The second-order valence-electron chi connectivity index (χ2n) is 3.63. The monoisotopic (exact) mass is 215 g/mol. The summed E-state index contributed by atoms with van der Waals surface area (Å²) in [5.74, 6) is -0.746. The Balaban J connectivity index is 4.17. The first-order valence-corrected chi connectivity index (χ1v) is 5.14. The summed E-state index contributed by atoms with van der Waals surface area (Å²) in [5.41, 5.74) is 0. The van der Waals surface area contributed by atoms with Gasteiger partial charge in [-0.15, -0.1) is 0 Å². The van der Waals surface area contributed by atoms with Gasteiger partial charge in [-0.1, -0.05) is 19.8 Å². The zero-order valence-electron chi connectivity index (χ0n) is 9.19. The maximum Gasteiger partial charge on any atom is 0.277 e. The molecule has 0 aliphatic rings. The third-order valence-corrected chi connectivity index (χ3v) is 2.13. The van der Waals surface area contributed by atoms with Gasteiger partial charge in [-0.3, -0.25) is 19.7 Å². The van der Waals surface area contributed by atoms with Crippen molar-refractivity contribution in [1.29, 1.82) is 0 Å². The highest BCUT2D eigenvalue weighted by atomic mass is 16.6. The van der Waals surface area contributed by atoms with Crippen molar-refractivity contribution in [3.8, 4) is 0 Å². The van der Waals surface area contributed by atoms with Crippen molar-refractivity contribution in [1.82, 2.24) is 0 Å². The molecule has 0 fully saturated rings. The van der Waals surface area contributed by atoms with Crippen molar-refractivity contribution in [3.63, 3.8) is 0 Å². The van der Waals surface area contributed by atoms with E-state index < -0.39 is 16.7 Å². The zero-order valence-corrected chi connectivity index (χ0v) is 9.19. The molecule has 0 saturated carbocycles. The van der Waals surface area contributed by atoms with Crippen LogP contribution in [0.5, 0.6) is 0 Å².